The molecule has 4 heteroatoms. The molecule has 0 spiro atoms. The van der Waals surface area contributed by atoms with Crippen LogP contribution in [0.15, 0.2) is 30.6 Å². The van der Waals surface area contributed by atoms with Gasteiger partial charge in [0.25, 0.3) is 5.52 Å². The van der Waals surface area contributed by atoms with Gasteiger partial charge < -0.3 is 10.1 Å². The molecule has 2 aromatic rings. The van der Waals surface area contributed by atoms with Gasteiger partial charge in [-0.3, -0.25) is 0 Å². The number of fused-ring (bicyclic) bond motifs is 1. The molecule has 1 heterocycles. The molecule has 0 aliphatic heterocycles. The third kappa shape index (κ3) is 0.934. The van der Waals surface area contributed by atoms with E-state index < -0.39 is 0 Å². The maximum Gasteiger partial charge on any atom is 0.286 e. The van der Waals surface area contributed by atoms with Crippen LogP contribution in [0, 0.1) is 4.91 Å². The van der Waals surface area contributed by atoms with Crippen LogP contribution in [0.2, 0.25) is 0 Å². The molecule has 0 amide bonds. The summed E-state index contributed by atoms with van der Waals surface area (Å²) >= 11 is 0. The molecule has 1 aromatic heterocycles. The van der Waals surface area contributed by atoms with E-state index in [2.05, 4.69) is 4.98 Å². The first kappa shape index (κ1) is 6.84. The van der Waals surface area contributed by atoms with Crippen molar-refractivity contribution in [3.8, 4) is 5.75 Å². The second-order valence-corrected chi connectivity index (χ2v) is 2.49. The van der Waals surface area contributed by atoms with Crippen LogP contribution in [0.5, 0.6) is 5.75 Å². The quantitative estimate of drug-likeness (QED) is 0.564. The highest BCUT2D eigenvalue weighted by atomic mass is 16.3. The van der Waals surface area contributed by atoms with E-state index in [9.17, 15) is 4.91 Å². The molecule has 0 aliphatic rings. The minimum atomic E-state index is 0.143. The standard InChI is InChI=1S/C8H6N2O2/c11-6-1-2-8-7(5-6)9-3-4-10(8)12/h1-5H,(H-,9,11,12)/p+1. The summed E-state index contributed by atoms with van der Waals surface area (Å²) in [7, 11) is 0. The number of rotatable bonds is 0. The molecule has 0 saturated carbocycles. The highest BCUT2D eigenvalue weighted by Gasteiger charge is 2.04. The zero-order chi connectivity index (χ0) is 8.55. The van der Waals surface area contributed by atoms with Gasteiger partial charge in [-0.2, -0.15) is 0 Å². The summed E-state index contributed by atoms with van der Waals surface area (Å²) in [5.41, 5.74) is 1.13. The van der Waals surface area contributed by atoms with Crippen LogP contribution in [-0.2, 0) is 0 Å². The van der Waals surface area contributed by atoms with Gasteiger partial charge in [-0.1, -0.05) is 0 Å². The zero-order valence-corrected chi connectivity index (χ0v) is 6.19. The fourth-order valence-electron chi connectivity index (χ4n) is 1.11. The summed E-state index contributed by atoms with van der Waals surface area (Å²) in [5.74, 6) is 0.143. The molecule has 0 aliphatic carbocycles. The van der Waals surface area contributed by atoms with Crippen molar-refractivity contribution in [2.24, 2.45) is 0 Å². The molecule has 0 fully saturated rings. The van der Waals surface area contributed by atoms with Crippen molar-refractivity contribution in [1.82, 2.24) is 4.98 Å². The van der Waals surface area contributed by atoms with E-state index in [0.717, 1.165) is 4.43 Å². The van der Waals surface area contributed by atoms with Gasteiger partial charge in [0.15, 0.2) is 0 Å². The number of phenols is 1. The predicted molar refractivity (Wildman–Crippen MR) is 43.3 cm³/mol. The van der Waals surface area contributed by atoms with Crippen molar-refractivity contribution in [1.29, 1.82) is 0 Å². The third-order valence-corrected chi connectivity index (χ3v) is 1.67. The number of nitrogens with one attached hydrogen (secondary N) is 1. The summed E-state index contributed by atoms with van der Waals surface area (Å²) in [4.78, 5) is 14.0. The van der Waals surface area contributed by atoms with Gasteiger partial charge in [0.2, 0.25) is 6.20 Å². The smallest absolute Gasteiger partial charge is 0.286 e. The Hall–Kier alpha value is -1.84. The molecule has 2 rings (SSSR count). The van der Waals surface area contributed by atoms with E-state index in [1.165, 1.54) is 24.5 Å². The molecule has 12 heavy (non-hydrogen) atoms. The van der Waals surface area contributed by atoms with Crippen LogP contribution in [0.3, 0.4) is 0 Å². The Morgan fingerprint density at radius 2 is 2.25 bits per heavy atom. The highest BCUT2D eigenvalue weighted by molar-refractivity contribution is 5.72. The van der Waals surface area contributed by atoms with Crippen LogP contribution >= 0.6 is 0 Å². The number of aromatic hydroxyl groups is 1. The Kier molecular flexibility index (Phi) is 1.33. The lowest BCUT2D eigenvalue weighted by molar-refractivity contribution is -0.464. The Morgan fingerprint density at radius 1 is 1.42 bits per heavy atom. The van der Waals surface area contributed by atoms with E-state index in [-0.39, 0.29) is 5.75 Å². The number of hydrogen-bond acceptors (Lipinski definition) is 2. The fraction of sp³-hybridized carbons (Fsp3) is 0. The maximum atomic E-state index is 11.1. The monoisotopic (exact) mass is 163 g/mol. The van der Waals surface area contributed by atoms with Crippen molar-refractivity contribution < 1.29 is 9.53 Å². The van der Waals surface area contributed by atoms with Crippen LogP contribution < -0.4 is 4.43 Å². The Labute approximate surface area is 67.7 Å². The van der Waals surface area contributed by atoms with Gasteiger partial charge in [0, 0.05) is 17.0 Å². The Morgan fingerprint density at radius 3 is 3.08 bits per heavy atom. The van der Waals surface area contributed by atoms with E-state index in [0.29, 0.717) is 11.0 Å². The normalized spacial score (nSPS) is 10.3. The Bertz CT molecular complexity index is 476. The molecular weight excluding hydrogens is 156 g/mol. The lowest BCUT2D eigenvalue weighted by Gasteiger charge is -1.90. The minimum absolute atomic E-state index is 0.143. The molecule has 1 aromatic carbocycles. The average molecular weight is 163 g/mol. The molecule has 0 bridgehead atoms. The van der Waals surface area contributed by atoms with Gasteiger partial charge in [0.05, 0.1) is 10.6 Å². The third-order valence-electron chi connectivity index (χ3n) is 1.67. The van der Waals surface area contributed by atoms with Crippen LogP contribution in [0.1, 0.15) is 0 Å². The van der Waals surface area contributed by atoms with Crippen molar-refractivity contribution >= 4 is 11.0 Å². The average Bonchev–Trinajstić information content (AvgIpc) is 2.04. The van der Waals surface area contributed by atoms with Gasteiger partial charge in [0.1, 0.15) is 11.3 Å². The van der Waals surface area contributed by atoms with Crippen molar-refractivity contribution in [3.63, 3.8) is 0 Å². The molecule has 0 atom stereocenters. The van der Waals surface area contributed by atoms with Crippen LogP contribution in [-0.4, -0.2) is 10.1 Å². The second-order valence-electron chi connectivity index (χ2n) is 2.49. The lowest BCUT2D eigenvalue weighted by Crippen LogP contribution is -2.13. The number of hydrogen-bond donors (Lipinski definition) is 2. The minimum Gasteiger partial charge on any atom is -0.508 e. The molecule has 4 nitrogen and oxygen atoms in total. The summed E-state index contributed by atoms with van der Waals surface area (Å²) < 4.78 is 0.741. The number of aromatic nitrogens is 2. The van der Waals surface area contributed by atoms with Crippen LogP contribution in [0.25, 0.3) is 11.0 Å². The fourth-order valence-corrected chi connectivity index (χ4v) is 1.11. The van der Waals surface area contributed by atoms with Gasteiger partial charge in [-0.05, 0) is 6.07 Å². The summed E-state index contributed by atoms with van der Waals surface area (Å²) in [6, 6.07) is 4.54. The summed E-state index contributed by atoms with van der Waals surface area (Å²) in [5, 5.41) is 9.09. The first-order chi connectivity index (χ1) is 5.77. The maximum absolute atomic E-state index is 11.1. The first-order valence-corrected chi connectivity index (χ1v) is 3.50. The van der Waals surface area contributed by atoms with Gasteiger partial charge in [-0.15, -0.1) is 0 Å². The molecular formula is C8H7N2O2+. The predicted octanol–water partition coefficient (Wildman–Crippen LogP) is 0.788. The second kappa shape index (κ2) is 2.34. The van der Waals surface area contributed by atoms with Crippen molar-refractivity contribution in [3.05, 3.63) is 35.5 Å². The van der Waals surface area contributed by atoms with E-state index in [1.54, 1.807) is 6.07 Å². The van der Waals surface area contributed by atoms with E-state index in [1.807, 2.05) is 0 Å². The number of phenolic OH excluding ortho intramolecular Hbond substituents is 1. The molecule has 0 unspecified atom stereocenters. The first-order valence-electron chi connectivity index (χ1n) is 3.50. The molecule has 0 saturated heterocycles. The number of H-pyrrole nitrogens is 1. The van der Waals surface area contributed by atoms with E-state index >= 15 is 0 Å². The largest absolute Gasteiger partial charge is 0.508 e. The summed E-state index contributed by atoms with van der Waals surface area (Å²) in [6.07, 6.45) is 2.90. The summed E-state index contributed by atoms with van der Waals surface area (Å²) in [6.45, 7) is 0. The SMILES string of the molecule is O=[n+]1cc[nH]c2cc(O)ccc21. The molecule has 0 radical (unpaired) electrons. The molecule has 60 valence electrons. The number of nitrogens with zero attached hydrogens (tertiary/aromatic N) is 1. The number of benzene rings is 1. The van der Waals surface area contributed by atoms with Crippen molar-refractivity contribution in [2.45, 2.75) is 0 Å². The topological polar surface area (TPSA) is 59.0 Å². The lowest BCUT2D eigenvalue weighted by atomic mass is 10.3. The number of aromatic amines is 1. The molecule has 2 N–H and O–H groups in total. The van der Waals surface area contributed by atoms with Crippen LogP contribution in [0.4, 0.5) is 0 Å². The van der Waals surface area contributed by atoms with E-state index in [4.69, 9.17) is 5.11 Å². The zero-order valence-electron chi connectivity index (χ0n) is 6.19. The van der Waals surface area contributed by atoms with Gasteiger partial charge >= 0.3 is 0 Å². The van der Waals surface area contributed by atoms with Crippen molar-refractivity contribution in [2.75, 3.05) is 0 Å². The highest BCUT2D eigenvalue weighted by Crippen LogP contribution is 2.13. The van der Waals surface area contributed by atoms with Gasteiger partial charge in [-0.25, -0.2) is 0 Å². The Balaban J connectivity index is 2.96.